The third kappa shape index (κ3) is 2.85. The summed E-state index contributed by atoms with van der Waals surface area (Å²) in [6.07, 6.45) is 1.64. The predicted molar refractivity (Wildman–Crippen MR) is 59.9 cm³/mol. The molecule has 1 atom stereocenters. The molecule has 0 bridgehead atoms. The van der Waals surface area contributed by atoms with Crippen molar-refractivity contribution in [1.82, 2.24) is 0 Å². The number of aliphatic imine (C=N–C) groups is 1. The van der Waals surface area contributed by atoms with Gasteiger partial charge in [0.1, 0.15) is 0 Å². The number of nitrogens with two attached hydrogens (primary N) is 1. The molecule has 1 rings (SSSR count). The molecule has 0 radical (unpaired) electrons. The van der Waals surface area contributed by atoms with E-state index in [-0.39, 0.29) is 0 Å². The summed E-state index contributed by atoms with van der Waals surface area (Å²) in [5.41, 5.74) is 6.29. The molecule has 0 spiro atoms. The van der Waals surface area contributed by atoms with Crippen LogP contribution >= 0.6 is 0 Å². The summed E-state index contributed by atoms with van der Waals surface area (Å²) < 4.78 is 11.2. The fourth-order valence-electron chi connectivity index (χ4n) is 0.956. The van der Waals surface area contributed by atoms with Gasteiger partial charge in [0.2, 0.25) is 0 Å². The monoisotopic (exact) mass is 211 g/mol. The lowest BCUT2D eigenvalue weighted by atomic mass is 10.3. The van der Waals surface area contributed by atoms with Crippen LogP contribution in [-0.2, 0) is 10.8 Å². The minimum Gasteiger partial charge on any atom is -0.370 e. The molecule has 0 aliphatic rings. The number of nitrogens with one attached hydrogen (secondary N) is 1. The zero-order valence-electron chi connectivity index (χ0n) is 8.15. The molecular weight excluding hydrogens is 198 g/mol. The van der Waals surface area contributed by atoms with E-state index >= 15 is 0 Å². The van der Waals surface area contributed by atoms with Crippen LogP contribution in [-0.4, -0.2) is 23.5 Å². The maximum Gasteiger partial charge on any atom is 0.192 e. The van der Waals surface area contributed by atoms with Crippen LogP contribution in [0.5, 0.6) is 0 Å². The van der Waals surface area contributed by atoms with Gasteiger partial charge in [-0.05, 0) is 18.2 Å². The Bertz CT molecular complexity index is 376. The Labute approximate surface area is 85.7 Å². The van der Waals surface area contributed by atoms with Gasteiger partial charge in [-0.15, -0.1) is 0 Å². The molecule has 14 heavy (non-hydrogen) atoms. The molecule has 76 valence electrons. The average molecular weight is 211 g/mol. The molecule has 3 N–H and O–H groups in total. The van der Waals surface area contributed by atoms with Crippen molar-refractivity contribution >= 4 is 22.4 Å². The number of hydrogen-bond donors (Lipinski definition) is 2. The van der Waals surface area contributed by atoms with E-state index in [1.165, 1.54) is 0 Å². The first-order chi connectivity index (χ1) is 6.63. The number of guanidine groups is 1. The molecule has 0 heterocycles. The summed E-state index contributed by atoms with van der Waals surface area (Å²) in [5.74, 6) is 0.337. The third-order valence-corrected chi connectivity index (χ3v) is 2.60. The summed E-state index contributed by atoms with van der Waals surface area (Å²) in [4.78, 5) is 4.53. The number of anilines is 1. The highest BCUT2D eigenvalue weighted by atomic mass is 32.2. The standard InChI is InChI=1S/C9H13N3OS/c1-11-9(10)12-7-4-3-5-8(6-7)14(2)13/h3-6H,1-2H3,(H3,10,11,12). The van der Waals surface area contributed by atoms with Crippen molar-refractivity contribution in [3.63, 3.8) is 0 Å². The van der Waals surface area contributed by atoms with E-state index in [1.54, 1.807) is 25.4 Å². The second-order valence-corrected chi connectivity index (χ2v) is 4.10. The summed E-state index contributed by atoms with van der Waals surface area (Å²) in [5, 5.41) is 2.88. The fraction of sp³-hybridized carbons (Fsp3) is 0.222. The van der Waals surface area contributed by atoms with Crippen LogP contribution in [0.4, 0.5) is 5.69 Å². The van der Waals surface area contributed by atoms with Crippen molar-refractivity contribution in [2.24, 2.45) is 10.7 Å². The number of rotatable bonds is 2. The molecule has 0 aromatic heterocycles. The first-order valence-electron chi connectivity index (χ1n) is 4.06. The number of benzene rings is 1. The minimum absolute atomic E-state index is 0.337. The molecule has 1 aromatic rings. The number of hydrogen-bond acceptors (Lipinski definition) is 2. The Kier molecular flexibility index (Phi) is 3.64. The first kappa shape index (κ1) is 10.7. The zero-order chi connectivity index (χ0) is 10.6. The second kappa shape index (κ2) is 4.76. The van der Waals surface area contributed by atoms with Gasteiger partial charge in [-0.2, -0.15) is 0 Å². The van der Waals surface area contributed by atoms with E-state index < -0.39 is 10.8 Å². The highest BCUT2D eigenvalue weighted by Crippen LogP contribution is 2.12. The second-order valence-electron chi connectivity index (χ2n) is 2.72. The fourth-order valence-corrected chi connectivity index (χ4v) is 1.52. The number of nitrogens with zero attached hydrogens (tertiary/aromatic N) is 1. The minimum atomic E-state index is -0.977. The molecule has 1 unspecified atom stereocenters. The van der Waals surface area contributed by atoms with Crippen LogP contribution in [0.3, 0.4) is 0 Å². The topological polar surface area (TPSA) is 67.5 Å². The summed E-state index contributed by atoms with van der Waals surface area (Å²) in [6.45, 7) is 0. The molecule has 5 heteroatoms. The Balaban J connectivity index is 2.89. The highest BCUT2D eigenvalue weighted by Gasteiger charge is 1.99. The van der Waals surface area contributed by atoms with Gasteiger partial charge in [0.15, 0.2) is 5.96 Å². The third-order valence-electron chi connectivity index (χ3n) is 1.68. The average Bonchev–Trinajstić information content (AvgIpc) is 2.18. The molecular formula is C9H13N3OS. The Morgan fingerprint density at radius 3 is 2.86 bits per heavy atom. The summed E-state index contributed by atoms with van der Waals surface area (Å²) in [6, 6.07) is 7.26. The molecule has 0 aliphatic carbocycles. The molecule has 0 saturated heterocycles. The van der Waals surface area contributed by atoms with Gasteiger partial charge in [0.25, 0.3) is 0 Å². The predicted octanol–water partition coefficient (Wildman–Crippen LogP) is 0.780. The molecule has 0 amide bonds. The first-order valence-corrected chi connectivity index (χ1v) is 5.62. The lowest BCUT2D eigenvalue weighted by Crippen LogP contribution is -2.21. The van der Waals surface area contributed by atoms with Crippen LogP contribution in [0.1, 0.15) is 0 Å². The highest BCUT2D eigenvalue weighted by molar-refractivity contribution is 7.84. The van der Waals surface area contributed by atoms with Gasteiger partial charge in [-0.1, -0.05) is 6.07 Å². The van der Waals surface area contributed by atoms with Crippen molar-refractivity contribution in [2.75, 3.05) is 18.6 Å². The van der Waals surface area contributed by atoms with Crippen molar-refractivity contribution < 1.29 is 4.21 Å². The normalized spacial score (nSPS) is 13.7. The summed E-state index contributed by atoms with van der Waals surface area (Å²) >= 11 is 0. The van der Waals surface area contributed by atoms with Crippen LogP contribution in [0.2, 0.25) is 0 Å². The largest absolute Gasteiger partial charge is 0.370 e. The van der Waals surface area contributed by atoms with E-state index in [1.807, 2.05) is 12.1 Å². The van der Waals surface area contributed by atoms with Crippen molar-refractivity contribution in [3.05, 3.63) is 24.3 Å². The van der Waals surface area contributed by atoms with Crippen molar-refractivity contribution in [2.45, 2.75) is 4.90 Å². The maximum absolute atomic E-state index is 11.2. The van der Waals surface area contributed by atoms with Gasteiger partial charge in [0.05, 0.1) is 0 Å². The van der Waals surface area contributed by atoms with E-state index in [0.717, 1.165) is 10.6 Å². The van der Waals surface area contributed by atoms with Crippen molar-refractivity contribution in [3.8, 4) is 0 Å². The Morgan fingerprint density at radius 1 is 1.57 bits per heavy atom. The van der Waals surface area contributed by atoms with Gasteiger partial charge >= 0.3 is 0 Å². The van der Waals surface area contributed by atoms with E-state index in [0.29, 0.717) is 5.96 Å². The molecule has 0 saturated carbocycles. The van der Waals surface area contributed by atoms with E-state index in [9.17, 15) is 4.21 Å². The lowest BCUT2D eigenvalue weighted by molar-refractivity contribution is 0.687. The smallest absolute Gasteiger partial charge is 0.192 e. The van der Waals surface area contributed by atoms with Crippen LogP contribution in [0, 0.1) is 0 Å². The molecule has 0 fully saturated rings. The van der Waals surface area contributed by atoms with Crippen LogP contribution in [0.15, 0.2) is 34.2 Å². The summed E-state index contributed by atoms with van der Waals surface area (Å²) in [7, 11) is 0.625. The zero-order valence-corrected chi connectivity index (χ0v) is 8.97. The lowest BCUT2D eigenvalue weighted by Gasteiger charge is -2.05. The Hall–Kier alpha value is -1.36. The quantitative estimate of drug-likeness (QED) is 0.561. The van der Waals surface area contributed by atoms with Crippen LogP contribution in [0.25, 0.3) is 0 Å². The Morgan fingerprint density at radius 2 is 2.29 bits per heavy atom. The van der Waals surface area contributed by atoms with Gasteiger partial charge < -0.3 is 11.1 Å². The van der Waals surface area contributed by atoms with E-state index in [4.69, 9.17) is 5.73 Å². The molecule has 4 nitrogen and oxygen atoms in total. The molecule has 1 aromatic carbocycles. The van der Waals surface area contributed by atoms with E-state index in [2.05, 4.69) is 10.3 Å². The van der Waals surface area contributed by atoms with Crippen molar-refractivity contribution in [1.29, 1.82) is 0 Å². The SMILES string of the molecule is CN=C(N)Nc1cccc(S(C)=O)c1. The van der Waals surface area contributed by atoms with Crippen LogP contribution < -0.4 is 11.1 Å². The molecule has 0 aliphatic heterocycles. The maximum atomic E-state index is 11.2. The van der Waals surface area contributed by atoms with Gasteiger partial charge in [0, 0.05) is 34.7 Å². The van der Waals surface area contributed by atoms with Gasteiger partial charge in [-0.25, -0.2) is 0 Å². The van der Waals surface area contributed by atoms with Gasteiger partial charge in [-0.3, -0.25) is 9.20 Å².